The minimum atomic E-state index is -1.07. The van der Waals surface area contributed by atoms with Gasteiger partial charge in [-0.2, -0.15) is 0 Å². The van der Waals surface area contributed by atoms with Gasteiger partial charge in [0.05, 0.1) is 24.2 Å². The number of Topliss-reactive ketones (excluding diaryl/α,β-unsaturated/α-hetero) is 1. The number of hydrogen-bond donors (Lipinski definition) is 3. The predicted octanol–water partition coefficient (Wildman–Crippen LogP) is 2.56. The fourth-order valence-corrected chi connectivity index (χ4v) is 4.67. The maximum Gasteiger partial charge on any atom is 0.311 e. The fourth-order valence-electron chi connectivity index (χ4n) is 4.21. The molecule has 164 valence electrons. The van der Waals surface area contributed by atoms with E-state index in [0.717, 1.165) is 0 Å². The topological polar surface area (TPSA) is 104 Å². The number of halogens is 1. The molecule has 1 rings (SSSR count). The maximum absolute atomic E-state index is 12.8. The Kier molecular flexibility index (Phi) is 10.1. The number of rotatable bonds is 2. The van der Waals surface area contributed by atoms with E-state index in [1.165, 1.54) is 0 Å². The second-order valence-electron chi connectivity index (χ2n) is 8.74. The van der Waals surface area contributed by atoms with E-state index in [4.69, 9.17) is 4.74 Å². The number of hydrogen-bond acceptors (Lipinski definition) is 6. The van der Waals surface area contributed by atoms with Gasteiger partial charge in [0.25, 0.3) is 0 Å². The molecule has 0 spiro atoms. The third kappa shape index (κ3) is 6.00. The molecular formula is C21H37BrO6. The zero-order valence-electron chi connectivity index (χ0n) is 17.8. The molecule has 0 aromatic heterocycles. The molecule has 1 saturated heterocycles. The Morgan fingerprint density at radius 1 is 0.893 bits per heavy atom. The summed E-state index contributed by atoms with van der Waals surface area (Å²) in [6.45, 7) is 10.4. The molecule has 1 aliphatic heterocycles. The SMILES string of the molecule is CC1CC(C)C(O)C(C)C(O)C(C)C(=O)OC(CCBr)C(C)C(O)C(C)C1=O. The van der Waals surface area contributed by atoms with Crippen molar-refractivity contribution in [3.8, 4) is 0 Å². The molecule has 1 aliphatic rings. The van der Waals surface area contributed by atoms with E-state index in [1.54, 1.807) is 27.7 Å². The van der Waals surface area contributed by atoms with Gasteiger partial charge in [0.15, 0.2) is 0 Å². The highest BCUT2D eigenvalue weighted by molar-refractivity contribution is 9.09. The number of ether oxygens (including phenoxy) is 1. The lowest BCUT2D eigenvalue weighted by atomic mass is 9.77. The predicted molar refractivity (Wildman–Crippen MR) is 111 cm³/mol. The van der Waals surface area contributed by atoms with Crippen molar-refractivity contribution in [1.29, 1.82) is 0 Å². The van der Waals surface area contributed by atoms with Crippen LogP contribution in [0.5, 0.6) is 0 Å². The van der Waals surface area contributed by atoms with Gasteiger partial charge in [-0.1, -0.05) is 50.5 Å². The molecule has 1 heterocycles. The first-order valence-electron chi connectivity index (χ1n) is 10.3. The largest absolute Gasteiger partial charge is 0.462 e. The second kappa shape index (κ2) is 11.0. The second-order valence-corrected chi connectivity index (χ2v) is 9.53. The number of carbonyl (C=O) groups is 2. The standard InChI is InChI=1S/C21H37BrO6/c1-10-9-11(2)18(24)14(5)20(26)15(6)21(27)28-16(7-8-22)12(3)19(25)13(4)17(10)23/h10-16,18-20,24-26H,7-9H2,1-6H3. The molecule has 0 aromatic carbocycles. The summed E-state index contributed by atoms with van der Waals surface area (Å²) in [6, 6.07) is 0. The molecular weight excluding hydrogens is 428 g/mol. The minimum absolute atomic E-state index is 0.0686. The average Bonchev–Trinajstić information content (AvgIpc) is 2.67. The Balaban J connectivity index is 3.25. The maximum atomic E-state index is 12.8. The van der Waals surface area contributed by atoms with E-state index in [-0.39, 0.29) is 17.6 Å². The van der Waals surface area contributed by atoms with Crippen LogP contribution in [-0.2, 0) is 14.3 Å². The zero-order valence-corrected chi connectivity index (χ0v) is 19.4. The number of ketones is 1. The van der Waals surface area contributed by atoms with Crippen LogP contribution < -0.4 is 0 Å². The van der Waals surface area contributed by atoms with E-state index in [2.05, 4.69) is 15.9 Å². The third-order valence-corrected chi connectivity index (χ3v) is 6.96. The van der Waals surface area contributed by atoms with Crippen molar-refractivity contribution in [2.24, 2.45) is 35.5 Å². The summed E-state index contributed by atoms with van der Waals surface area (Å²) in [5.74, 6) is -3.58. The van der Waals surface area contributed by atoms with Crippen LogP contribution in [0.4, 0.5) is 0 Å². The van der Waals surface area contributed by atoms with Gasteiger partial charge in [-0.25, -0.2) is 0 Å². The lowest BCUT2D eigenvalue weighted by Gasteiger charge is -2.36. The van der Waals surface area contributed by atoms with Crippen LogP contribution in [0, 0.1) is 35.5 Å². The average molecular weight is 465 g/mol. The molecule has 10 atom stereocenters. The van der Waals surface area contributed by atoms with Crippen LogP contribution in [0.1, 0.15) is 54.4 Å². The zero-order chi connectivity index (χ0) is 21.8. The number of esters is 1. The Labute approximate surface area is 177 Å². The molecule has 0 bridgehead atoms. The molecule has 6 nitrogen and oxygen atoms in total. The Morgan fingerprint density at radius 2 is 1.43 bits per heavy atom. The quantitative estimate of drug-likeness (QED) is 0.428. The smallest absolute Gasteiger partial charge is 0.311 e. The lowest BCUT2D eigenvalue weighted by molar-refractivity contribution is -0.166. The van der Waals surface area contributed by atoms with Gasteiger partial charge in [0, 0.05) is 29.0 Å². The number of aliphatic hydroxyl groups is 3. The van der Waals surface area contributed by atoms with E-state index < -0.39 is 54.1 Å². The Hall–Kier alpha value is -0.500. The van der Waals surface area contributed by atoms with Crippen molar-refractivity contribution in [1.82, 2.24) is 0 Å². The lowest BCUT2D eigenvalue weighted by Crippen LogP contribution is -2.45. The molecule has 7 heteroatoms. The molecule has 3 N–H and O–H groups in total. The summed E-state index contributed by atoms with van der Waals surface area (Å²) in [5, 5.41) is 32.6. The molecule has 0 saturated carbocycles. The number of carbonyl (C=O) groups excluding carboxylic acids is 2. The molecule has 1 fully saturated rings. The molecule has 28 heavy (non-hydrogen) atoms. The summed E-state index contributed by atoms with van der Waals surface area (Å²) in [5.41, 5.74) is 0. The summed E-state index contributed by atoms with van der Waals surface area (Å²) >= 11 is 3.35. The van der Waals surface area contributed by atoms with Gasteiger partial charge in [0.1, 0.15) is 11.9 Å². The van der Waals surface area contributed by atoms with Crippen molar-refractivity contribution < 1.29 is 29.6 Å². The summed E-state index contributed by atoms with van der Waals surface area (Å²) in [7, 11) is 0. The first-order chi connectivity index (χ1) is 12.9. The number of cyclic esters (lactones) is 1. The molecule has 10 unspecified atom stereocenters. The van der Waals surface area contributed by atoms with Crippen LogP contribution in [0.15, 0.2) is 0 Å². The van der Waals surface area contributed by atoms with Crippen molar-refractivity contribution in [2.45, 2.75) is 78.8 Å². The Bertz CT molecular complexity index is 527. The first-order valence-corrected chi connectivity index (χ1v) is 11.4. The first kappa shape index (κ1) is 25.5. The highest BCUT2D eigenvalue weighted by atomic mass is 79.9. The monoisotopic (exact) mass is 464 g/mol. The van der Waals surface area contributed by atoms with Gasteiger partial charge >= 0.3 is 5.97 Å². The van der Waals surface area contributed by atoms with E-state index in [1.807, 2.05) is 13.8 Å². The number of alkyl halides is 1. The van der Waals surface area contributed by atoms with Crippen LogP contribution in [0.3, 0.4) is 0 Å². The van der Waals surface area contributed by atoms with E-state index >= 15 is 0 Å². The van der Waals surface area contributed by atoms with E-state index in [9.17, 15) is 24.9 Å². The van der Waals surface area contributed by atoms with Gasteiger partial charge < -0.3 is 20.1 Å². The van der Waals surface area contributed by atoms with Crippen molar-refractivity contribution >= 4 is 27.7 Å². The molecule has 0 aliphatic carbocycles. The highest BCUT2D eigenvalue weighted by Crippen LogP contribution is 2.31. The van der Waals surface area contributed by atoms with Gasteiger partial charge in [0.2, 0.25) is 0 Å². The minimum Gasteiger partial charge on any atom is -0.462 e. The van der Waals surface area contributed by atoms with Crippen LogP contribution in [0.2, 0.25) is 0 Å². The van der Waals surface area contributed by atoms with Crippen LogP contribution in [-0.4, -0.2) is 56.8 Å². The third-order valence-electron chi connectivity index (χ3n) is 6.50. The van der Waals surface area contributed by atoms with E-state index in [0.29, 0.717) is 18.2 Å². The van der Waals surface area contributed by atoms with Crippen molar-refractivity contribution in [3.05, 3.63) is 0 Å². The van der Waals surface area contributed by atoms with Gasteiger partial charge in [-0.15, -0.1) is 0 Å². The molecule has 0 aromatic rings. The van der Waals surface area contributed by atoms with Crippen molar-refractivity contribution in [3.63, 3.8) is 0 Å². The van der Waals surface area contributed by atoms with Gasteiger partial charge in [-0.05, 0) is 25.7 Å². The summed E-state index contributed by atoms with van der Waals surface area (Å²) in [4.78, 5) is 25.5. The van der Waals surface area contributed by atoms with Crippen molar-refractivity contribution in [2.75, 3.05) is 5.33 Å². The Morgan fingerprint density at radius 3 is 1.96 bits per heavy atom. The van der Waals surface area contributed by atoms with Crippen LogP contribution in [0.25, 0.3) is 0 Å². The van der Waals surface area contributed by atoms with Crippen LogP contribution >= 0.6 is 15.9 Å². The number of aliphatic hydroxyl groups excluding tert-OH is 3. The molecule has 0 amide bonds. The highest BCUT2D eigenvalue weighted by Gasteiger charge is 2.40. The summed E-state index contributed by atoms with van der Waals surface area (Å²) in [6.07, 6.45) is -2.52. The summed E-state index contributed by atoms with van der Waals surface area (Å²) < 4.78 is 5.64. The normalized spacial score (nSPS) is 44.6. The van der Waals surface area contributed by atoms with Gasteiger partial charge in [-0.3, -0.25) is 9.59 Å². The fraction of sp³-hybridized carbons (Fsp3) is 0.905. The molecule has 0 radical (unpaired) electrons.